The highest BCUT2D eigenvalue weighted by Gasteiger charge is 2.16. The SMILES string of the molecule is CCCN(Cc1ccccn1)C(=O)c1ccc(-c2cnc(OC)cc2C)cc1. The van der Waals surface area contributed by atoms with Gasteiger partial charge in [0.1, 0.15) is 0 Å². The number of aryl methyl sites for hydroxylation is 1. The molecule has 3 aromatic rings. The summed E-state index contributed by atoms with van der Waals surface area (Å²) >= 11 is 0. The van der Waals surface area contributed by atoms with E-state index in [-0.39, 0.29) is 5.91 Å². The molecular formula is C23H25N3O2. The van der Waals surface area contributed by atoms with Crippen LogP contribution in [0.2, 0.25) is 0 Å². The van der Waals surface area contributed by atoms with E-state index in [4.69, 9.17) is 4.74 Å². The largest absolute Gasteiger partial charge is 0.481 e. The molecule has 1 aromatic carbocycles. The van der Waals surface area contributed by atoms with Crippen molar-refractivity contribution in [3.05, 3.63) is 77.7 Å². The molecule has 0 saturated heterocycles. The summed E-state index contributed by atoms with van der Waals surface area (Å²) in [5.41, 5.74) is 4.69. The fourth-order valence-corrected chi connectivity index (χ4v) is 3.13. The average Bonchev–Trinajstić information content (AvgIpc) is 2.74. The van der Waals surface area contributed by atoms with E-state index >= 15 is 0 Å². The number of hydrogen-bond donors (Lipinski definition) is 0. The number of rotatable bonds is 7. The summed E-state index contributed by atoms with van der Waals surface area (Å²) in [4.78, 5) is 23.5. The number of hydrogen-bond acceptors (Lipinski definition) is 4. The number of amides is 1. The van der Waals surface area contributed by atoms with Crippen molar-refractivity contribution in [3.63, 3.8) is 0 Å². The van der Waals surface area contributed by atoms with E-state index in [2.05, 4.69) is 16.9 Å². The van der Waals surface area contributed by atoms with Gasteiger partial charge in [0.2, 0.25) is 5.88 Å². The average molecular weight is 375 g/mol. The van der Waals surface area contributed by atoms with Gasteiger partial charge in [0.05, 0.1) is 19.3 Å². The van der Waals surface area contributed by atoms with Crippen molar-refractivity contribution in [2.75, 3.05) is 13.7 Å². The molecule has 0 radical (unpaired) electrons. The van der Waals surface area contributed by atoms with Crippen LogP contribution in [0.5, 0.6) is 5.88 Å². The Bertz CT molecular complexity index is 924. The van der Waals surface area contributed by atoms with E-state index in [1.165, 1.54) is 0 Å². The molecule has 3 rings (SSSR count). The molecule has 0 aliphatic rings. The number of benzene rings is 1. The highest BCUT2D eigenvalue weighted by molar-refractivity contribution is 5.94. The van der Waals surface area contributed by atoms with Gasteiger partial charge in [0.25, 0.3) is 5.91 Å². The molecule has 0 N–H and O–H groups in total. The fourth-order valence-electron chi connectivity index (χ4n) is 3.13. The number of pyridine rings is 2. The van der Waals surface area contributed by atoms with Crippen molar-refractivity contribution < 1.29 is 9.53 Å². The summed E-state index contributed by atoms with van der Waals surface area (Å²) in [6.07, 6.45) is 4.45. The topological polar surface area (TPSA) is 55.3 Å². The van der Waals surface area contributed by atoms with Crippen LogP contribution in [0.3, 0.4) is 0 Å². The maximum Gasteiger partial charge on any atom is 0.254 e. The Kier molecular flexibility index (Phi) is 6.37. The molecule has 2 aromatic heterocycles. The summed E-state index contributed by atoms with van der Waals surface area (Å²) in [6.45, 7) is 5.30. The number of nitrogens with zero attached hydrogens (tertiary/aromatic N) is 3. The van der Waals surface area contributed by atoms with Crippen LogP contribution in [0.15, 0.2) is 60.9 Å². The number of aromatic nitrogens is 2. The maximum absolute atomic E-state index is 13.0. The van der Waals surface area contributed by atoms with E-state index in [1.807, 2.05) is 60.4 Å². The van der Waals surface area contributed by atoms with E-state index < -0.39 is 0 Å². The minimum absolute atomic E-state index is 0.0173. The lowest BCUT2D eigenvalue weighted by Gasteiger charge is -2.22. The van der Waals surface area contributed by atoms with E-state index in [9.17, 15) is 4.79 Å². The zero-order valence-corrected chi connectivity index (χ0v) is 16.6. The van der Waals surface area contributed by atoms with Crippen molar-refractivity contribution in [2.24, 2.45) is 0 Å². The molecule has 5 nitrogen and oxygen atoms in total. The van der Waals surface area contributed by atoms with Gasteiger partial charge in [-0.2, -0.15) is 0 Å². The third kappa shape index (κ3) is 4.55. The Morgan fingerprint density at radius 1 is 1.11 bits per heavy atom. The predicted molar refractivity (Wildman–Crippen MR) is 110 cm³/mol. The lowest BCUT2D eigenvalue weighted by atomic mass is 10.0. The minimum atomic E-state index is 0.0173. The van der Waals surface area contributed by atoms with Gasteiger partial charge in [-0.3, -0.25) is 9.78 Å². The Morgan fingerprint density at radius 2 is 1.89 bits per heavy atom. The summed E-state index contributed by atoms with van der Waals surface area (Å²) in [5, 5.41) is 0. The van der Waals surface area contributed by atoms with Gasteiger partial charge in [0, 0.05) is 36.1 Å². The van der Waals surface area contributed by atoms with Crippen LogP contribution in [0.25, 0.3) is 11.1 Å². The molecule has 5 heteroatoms. The van der Waals surface area contributed by atoms with E-state index in [0.717, 1.165) is 28.8 Å². The zero-order valence-electron chi connectivity index (χ0n) is 16.6. The Morgan fingerprint density at radius 3 is 2.50 bits per heavy atom. The maximum atomic E-state index is 13.0. The Balaban J connectivity index is 1.80. The summed E-state index contributed by atoms with van der Waals surface area (Å²) in [7, 11) is 1.61. The number of carbonyl (C=O) groups excluding carboxylic acids is 1. The van der Waals surface area contributed by atoms with Gasteiger partial charge >= 0.3 is 0 Å². The standard InChI is InChI=1S/C23H25N3O2/c1-4-13-26(16-20-7-5-6-12-24-20)23(27)19-10-8-18(9-11-19)21-15-25-22(28-3)14-17(21)2/h5-12,14-15H,4,13,16H2,1-3H3. The molecule has 0 bridgehead atoms. The van der Waals surface area contributed by atoms with Gasteiger partial charge in [-0.15, -0.1) is 0 Å². The first-order valence-electron chi connectivity index (χ1n) is 9.42. The molecule has 2 heterocycles. The van der Waals surface area contributed by atoms with Crippen LogP contribution in [0, 0.1) is 6.92 Å². The molecule has 1 amide bonds. The lowest BCUT2D eigenvalue weighted by Crippen LogP contribution is -2.31. The van der Waals surface area contributed by atoms with Gasteiger partial charge in [-0.05, 0) is 48.7 Å². The number of carbonyl (C=O) groups is 1. The van der Waals surface area contributed by atoms with Crippen LogP contribution in [-0.2, 0) is 6.54 Å². The minimum Gasteiger partial charge on any atom is -0.481 e. The zero-order chi connectivity index (χ0) is 19.9. The van der Waals surface area contributed by atoms with Crippen molar-refractivity contribution in [1.29, 1.82) is 0 Å². The molecule has 0 unspecified atom stereocenters. The lowest BCUT2D eigenvalue weighted by molar-refractivity contribution is 0.0741. The van der Waals surface area contributed by atoms with E-state index in [1.54, 1.807) is 19.5 Å². The first-order chi connectivity index (χ1) is 13.6. The second-order valence-electron chi connectivity index (χ2n) is 6.67. The highest BCUT2D eigenvalue weighted by atomic mass is 16.5. The molecule has 144 valence electrons. The molecule has 0 spiro atoms. The van der Waals surface area contributed by atoms with Crippen molar-refractivity contribution >= 4 is 5.91 Å². The predicted octanol–water partition coefficient (Wildman–Crippen LogP) is 4.51. The van der Waals surface area contributed by atoms with Crippen LogP contribution < -0.4 is 4.74 Å². The summed E-state index contributed by atoms with van der Waals surface area (Å²) in [6, 6.07) is 15.4. The van der Waals surface area contributed by atoms with E-state index in [0.29, 0.717) is 24.5 Å². The first kappa shape index (κ1) is 19.5. The van der Waals surface area contributed by atoms with Gasteiger partial charge < -0.3 is 9.64 Å². The van der Waals surface area contributed by atoms with Crippen LogP contribution >= 0.6 is 0 Å². The van der Waals surface area contributed by atoms with Crippen LogP contribution in [0.1, 0.15) is 35.0 Å². The van der Waals surface area contributed by atoms with Gasteiger partial charge in [-0.25, -0.2) is 4.98 Å². The van der Waals surface area contributed by atoms with Crippen LogP contribution in [-0.4, -0.2) is 34.4 Å². The normalized spacial score (nSPS) is 10.5. The van der Waals surface area contributed by atoms with Crippen molar-refractivity contribution in [3.8, 4) is 17.0 Å². The molecule has 0 saturated carbocycles. The summed E-state index contributed by atoms with van der Waals surface area (Å²) in [5.74, 6) is 0.612. The Labute approximate surface area is 166 Å². The molecule has 0 aliphatic carbocycles. The molecule has 0 fully saturated rings. The third-order valence-corrected chi connectivity index (χ3v) is 4.60. The third-order valence-electron chi connectivity index (χ3n) is 4.60. The monoisotopic (exact) mass is 375 g/mol. The Hall–Kier alpha value is -3.21. The number of methoxy groups -OCH3 is 1. The summed E-state index contributed by atoms with van der Waals surface area (Å²) < 4.78 is 5.17. The molecule has 0 aliphatic heterocycles. The fraction of sp³-hybridized carbons (Fsp3) is 0.261. The first-order valence-corrected chi connectivity index (χ1v) is 9.42. The van der Waals surface area contributed by atoms with Crippen LogP contribution in [0.4, 0.5) is 0 Å². The van der Waals surface area contributed by atoms with Crippen molar-refractivity contribution in [1.82, 2.24) is 14.9 Å². The smallest absolute Gasteiger partial charge is 0.254 e. The highest BCUT2D eigenvalue weighted by Crippen LogP contribution is 2.25. The molecule has 28 heavy (non-hydrogen) atoms. The van der Waals surface area contributed by atoms with Gasteiger partial charge in [-0.1, -0.05) is 25.1 Å². The van der Waals surface area contributed by atoms with Crippen molar-refractivity contribution in [2.45, 2.75) is 26.8 Å². The molecule has 0 atom stereocenters. The molecular weight excluding hydrogens is 350 g/mol. The second-order valence-corrected chi connectivity index (χ2v) is 6.67. The second kappa shape index (κ2) is 9.13. The van der Waals surface area contributed by atoms with Gasteiger partial charge in [0.15, 0.2) is 0 Å². The quantitative estimate of drug-likeness (QED) is 0.609. The number of ether oxygens (including phenoxy) is 1.